The molecule has 0 spiro atoms. The van der Waals surface area contributed by atoms with Gasteiger partial charge in [-0.05, 0) is 38.1 Å². The Morgan fingerprint density at radius 1 is 1.23 bits per heavy atom. The second-order valence-electron chi connectivity index (χ2n) is 5.55. The maximum atomic E-state index is 9.54. The SMILES string of the molecule is COc1cccc(-c2c(CO)nnn2CCN2CCCC2)c1. The van der Waals surface area contributed by atoms with Crippen LogP contribution in [0.15, 0.2) is 24.3 Å². The number of hydrogen-bond acceptors (Lipinski definition) is 5. The van der Waals surface area contributed by atoms with Crippen molar-refractivity contribution in [2.75, 3.05) is 26.7 Å². The Hall–Kier alpha value is -1.92. The van der Waals surface area contributed by atoms with Gasteiger partial charge in [-0.3, -0.25) is 0 Å². The summed E-state index contributed by atoms with van der Waals surface area (Å²) < 4.78 is 7.17. The lowest BCUT2D eigenvalue weighted by Gasteiger charge is -2.15. The Morgan fingerprint density at radius 3 is 2.77 bits per heavy atom. The number of aliphatic hydroxyl groups excluding tert-OH is 1. The molecule has 1 aromatic heterocycles. The van der Waals surface area contributed by atoms with Gasteiger partial charge >= 0.3 is 0 Å². The third-order valence-corrected chi connectivity index (χ3v) is 4.12. The predicted octanol–water partition coefficient (Wildman–Crippen LogP) is 1.54. The number of ether oxygens (including phenoxy) is 1. The molecule has 0 amide bonds. The molecular weight excluding hydrogens is 280 g/mol. The Bertz CT molecular complexity index is 620. The number of benzene rings is 1. The second-order valence-corrected chi connectivity index (χ2v) is 5.55. The number of hydrogen-bond donors (Lipinski definition) is 1. The Morgan fingerprint density at radius 2 is 2.05 bits per heavy atom. The van der Waals surface area contributed by atoms with Crippen LogP contribution in [-0.4, -0.2) is 51.7 Å². The molecule has 22 heavy (non-hydrogen) atoms. The van der Waals surface area contributed by atoms with Crippen LogP contribution in [-0.2, 0) is 13.2 Å². The van der Waals surface area contributed by atoms with E-state index < -0.39 is 0 Å². The molecule has 0 aliphatic carbocycles. The fourth-order valence-electron chi connectivity index (χ4n) is 2.94. The van der Waals surface area contributed by atoms with E-state index in [2.05, 4.69) is 15.2 Å². The Labute approximate surface area is 130 Å². The molecule has 6 nitrogen and oxygen atoms in total. The highest BCUT2D eigenvalue weighted by Crippen LogP contribution is 2.26. The molecule has 0 atom stereocenters. The normalized spacial score (nSPS) is 15.4. The Kier molecular flexibility index (Phi) is 4.70. The van der Waals surface area contributed by atoms with Crippen LogP contribution in [0.5, 0.6) is 5.75 Å². The fraction of sp³-hybridized carbons (Fsp3) is 0.500. The van der Waals surface area contributed by atoms with Crippen LogP contribution >= 0.6 is 0 Å². The molecule has 3 rings (SSSR count). The van der Waals surface area contributed by atoms with Gasteiger partial charge in [-0.2, -0.15) is 0 Å². The summed E-state index contributed by atoms with van der Waals surface area (Å²) >= 11 is 0. The van der Waals surface area contributed by atoms with Gasteiger partial charge in [0.2, 0.25) is 0 Å². The van der Waals surface area contributed by atoms with Crippen molar-refractivity contribution in [2.45, 2.75) is 26.0 Å². The van der Waals surface area contributed by atoms with Crippen molar-refractivity contribution >= 4 is 0 Å². The highest BCUT2D eigenvalue weighted by Gasteiger charge is 2.17. The summed E-state index contributed by atoms with van der Waals surface area (Å²) in [4.78, 5) is 2.44. The van der Waals surface area contributed by atoms with Crippen LogP contribution in [0.2, 0.25) is 0 Å². The van der Waals surface area contributed by atoms with Crippen LogP contribution in [0.4, 0.5) is 0 Å². The van der Waals surface area contributed by atoms with Crippen molar-refractivity contribution in [3.05, 3.63) is 30.0 Å². The average Bonchev–Trinajstić information content (AvgIpc) is 3.22. The molecule has 0 saturated carbocycles. The van der Waals surface area contributed by atoms with E-state index >= 15 is 0 Å². The average molecular weight is 302 g/mol. The summed E-state index contributed by atoms with van der Waals surface area (Å²) in [5.74, 6) is 0.786. The van der Waals surface area contributed by atoms with Gasteiger partial charge in [-0.1, -0.05) is 17.3 Å². The first-order chi connectivity index (χ1) is 10.8. The predicted molar refractivity (Wildman–Crippen MR) is 83.6 cm³/mol. The van der Waals surface area contributed by atoms with Gasteiger partial charge in [0, 0.05) is 12.1 Å². The zero-order valence-corrected chi connectivity index (χ0v) is 12.9. The molecule has 1 saturated heterocycles. The number of aromatic nitrogens is 3. The molecule has 0 bridgehead atoms. The molecule has 1 fully saturated rings. The van der Waals surface area contributed by atoms with Crippen molar-refractivity contribution in [1.29, 1.82) is 0 Å². The largest absolute Gasteiger partial charge is 0.497 e. The van der Waals surface area contributed by atoms with E-state index in [-0.39, 0.29) is 6.61 Å². The standard InChI is InChI=1S/C16H22N4O2/c1-22-14-6-4-5-13(11-14)16-15(12-21)17-18-20(16)10-9-19-7-2-3-8-19/h4-6,11,21H,2-3,7-10,12H2,1H3. The molecule has 2 heterocycles. The molecule has 1 aromatic carbocycles. The van der Waals surface area contributed by atoms with E-state index in [1.54, 1.807) is 7.11 Å². The quantitative estimate of drug-likeness (QED) is 0.877. The fourth-order valence-corrected chi connectivity index (χ4v) is 2.94. The molecule has 1 N–H and O–H groups in total. The zero-order chi connectivity index (χ0) is 15.4. The second kappa shape index (κ2) is 6.89. The van der Waals surface area contributed by atoms with Crippen LogP contribution < -0.4 is 4.74 Å². The van der Waals surface area contributed by atoms with Crippen LogP contribution in [0.1, 0.15) is 18.5 Å². The lowest BCUT2D eigenvalue weighted by molar-refractivity contribution is 0.277. The van der Waals surface area contributed by atoms with Crippen molar-refractivity contribution in [1.82, 2.24) is 19.9 Å². The summed E-state index contributed by atoms with van der Waals surface area (Å²) in [6, 6.07) is 7.78. The lowest BCUT2D eigenvalue weighted by Crippen LogP contribution is -2.24. The summed E-state index contributed by atoms with van der Waals surface area (Å²) in [6.07, 6.45) is 2.56. The van der Waals surface area contributed by atoms with E-state index in [0.29, 0.717) is 5.69 Å². The topological polar surface area (TPSA) is 63.4 Å². The zero-order valence-electron chi connectivity index (χ0n) is 12.9. The monoisotopic (exact) mass is 302 g/mol. The summed E-state index contributed by atoms with van der Waals surface area (Å²) in [7, 11) is 1.65. The number of nitrogens with zero attached hydrogens (tertiary/aromatic N) is 4. The molecule has 1 aliphatic rings. The van der Waals surface area contributed by atoms with Crippen molar-refractivity contribution in [3.8, 4) is 17.0 Å². The minimum absolute atomic E-state index is 0.115. The minimum atomic E-state index is -0.115. The first kappa shape index (κ1) is 15.0. The van der Waals surface area contributed by atoms with E-state index in [1.165, 1.54) is 12.8 Å². The van der Waals surface area contributed by atoms with Gasteiger partial charge in [0.25, 0.3) is 0 Å². The maximum absolute atomic E-state index is 9.54. The molecule has 118 valence electrons. The summed E-state index contributed by atoms with van der Waals surface area (Å²) in [5, 5.41) is 17.9. The van der Waals surface area contributed by atoms with Gasteiger partial charge in [0.05, 0.1) is 26.0 Å². The third-order valence-electron chi connectivity index (χ3n) is 4.12. The van der Waals surface area contributed by atoms with Crippen LogP contribution in [0, 0.1) is 0 Å². The van der Waals surface area contributed by atoms with Gasteiger partial charge in [0.15, 0.2) is 0 Å². The molecule has 2 aromatic rings. The number of aliphatic hydroxyl groups is 1. The van der Waals surface area contributed by atoms with E-state index in [4.69, 9.17) is 4.74 Å². The van der Waals surface area contributed by atoms with Gasteiger partial charge < -0.3 is 14.7 Å². The van der Waals surface area contributed by atoms with Gasteiger partial charge in [0.1, 0.15) is 11.4 Å². The van der Waals surface area contributed by atoms with Crippen molar-refractivity contribution < 1.29 is 9.84 Å². The molecule has 1 aliphatic heterocycles. The molecule has 0 radical (unpaired) electrons. The molecule has 6 heteroatoms. The third kappa shape index (κ3) is 3.13. The first-order valence-electron chi connectivity index (χ1n) is 7.72. The highest BCUT2D eigenvalue weighted by atomic mass is 16.5. The number of methoxy groups -OCH3 is 1. The van der Waals surface area contributed by atoms with Crippen molar-refractivity contribution in [3.63, 3.8) is 0 Å². The van der Waals surface area contributed by atoms with Gasteiger partial charge in [-0.25, -0.2) is 4.68 Å². The number of likely N-dealkylation sites (tertiary alicyclic amines) is 1. The first-order valence-corrected chi connectivity index (χ1v) is 7.72. The summed E-state index contributed by atoms with van der Waals surface area (Å²) in [5.41, 5.74) is 2.45. The van der Waals surface area contributed by atoms with E-state index in [0.717, 1.165) is 43.2 Å². The van der Waals surface area contributed by atoms with Crippen LogP contribution in [0.3, 0.4) is 0 Å². The van der Waals surface area contributed by atoms with Gasteiger partial charge in [-0.15, -0.1) is 5.10 Å². The Balaban J connectivity index is 1.85. The molecular formula is C16H22N4O2. The smallest absolute Gasteiger partial charge is 0.119 e. The maximum Gasteiger partial charge on any atom is 0.119 e. The lowest BCUT2D eigenvalue weighted by atomic mass is 10.1. The minimum Gasteiger partial charge on any atom is -0.497 e. The van der Waals surface area contributed by atoms with E-state index in [1.807, 2.05) is 28.9 Å². The highest BCUT2D eigenvalue weighted by molar-refractivity contribution is 5.63. The number of rotatable bonds is 6. The molecule has 0 unspecified atom stereocenters. The van der Waals surface area contributed by atoms with Crippen molar-refractivity contribution in [2.24, 2.45) is 0 Å². The van der Waals surface area contributed by atoms with Crippen LogP contribution in [0.25, 0.3) is 11.3 Å². The van der Waals surface area contributed by atoms with E-state index in [9.17, 15) is 5.11 Å². The summed E-state index contributed by atoms with van der Waals surface area (Å²) in [6.45, 7) is 3.95.